The maximum absolute atomic E-state index is 9.90. The van der Waals surface area contributed by atoms with Crippen molar-refractivity contribution in [2.45, 2.75) is 0 Å². The number of benzene rings is 2. The van der Waals surface area contributed by atoms with Gasteiger partial charge in [-0.3, -0.25) is 0 Å². The van der Waals surface area contributed by atoms with Gasteiger partial charge in [-0.15, -0.1) is 0 Å². The van der Waals surface area contributed by atoms with Crippen molar-refractivity contribution in [1.29, 1.82) is 0 Å². The predicted molar refractivity (Wildman–Crippen MR) is 105 cm³/mol. The zero-order valence-corrected chi connectivity index (χ0v) is 16.3. The number of aromatic nitrogens is 3. The fourth-order valence-corrected chi connectivity index (χ4v) is 2.99. The molecule has 0 bridgehead atoms. The van der Waals surface area contributed by atoms with Gasteiger partial charge in [0, 0.05) is 0 Å². The van der Waals surface area contributed by atoms with Crippen molar-refractivity contribution in [1.82, 2.24) is 14.9 Å². The number of hydrogen-bond acceptors (Lipinski definition) is 6. The van der Waals surface area contributed by atoms with Gasteiger partial charge in [-0.2, -0.15) is 14.9 Å². The number of aromatic hydroxyl groups is 1. The standard InChI is InChI=1S/C17H15BrN4O3S/c1-24-13-6-4-3-5-11(13)16-20-21-17(26)22(16)19-9-10-7-12(18)15(23)14(8-10)25-2/h3-9,23H,1-2H3,(H,21,26). The predicted octanol–water partition coefficient (Wildman–Crippen LogP) is 3.98. The van der Waals surface area contributed by atoms with E-state index in [2.05, 4.69) is 31.2 Å². The molecule has 0 amide bonds. The highest BCUT2D eigenvalue weighted by Gasteiger charge is 2.13. The molecule has 1 heterocycles. The SMILES string of the molecule is COc1ccccc1-c1n[nH]c(=S)n1N=Cc1cc(Br)c(O)c(OC)c1. The number of phenols is 1. The van der Waals surface area contributed by atoms with Crippen LogP contribution in [0.2, 0.25) is 0 Å². The molecule has 0 atom stereocenters. The number of phenolic OH excluding ortho intramolecular Hbond substituents is 1. The van der Waals surface area contributed by atoms with E-state index in [1.54, 1.807) is 25.5 Å². The second-order valence-electron chi connectivity index (χ2n) is 5.16. The Balaban J connectivity index is 2.04. The van der Waals surface area contributed by atoms with Gasteiger partial charge in [0.2, 0.25) is 4.77 Å². The maximum atomic E-state index is 9.90. The topological polar surface area (TPSA) is 84.7 Å². The Morgan fingerprint density at radius 1 is 1.23 bits per heavy atom. The fourth-order valence-electron chi connectivity index (χ4n) is 2.35. The third-order valence-corrected chi connectivity index (χ3v) is 4.46. The van der Waals surface area contributed by atoms with E-state index in [0.29, 0.717) is 32.1 Å². The third kappa shape index (κ3) is 3.49. The smallest absolute Gasteiger partial charge is 0.216 e. The van der Waals surface area contributed by atoms with Gasteiger partial charge < -0.3 is 14.6 Å². The van der Waals surface area contributed by atoms with Gasteiger partial charge in [0.1, 0.15) is 5.75 Å². The van der Waals surface area contributed by atoms with E-state index in [1.807, 2.05) is 24.3 Å². The number of nitrogens with zero attached hydrogens (tertiary/aromatic N) is 3. The molecule has 0 radical (unpaired) electrons. The number of nitrogens with one attached hydrogen (secondary N) is 1. The molecular weight excluding hydrogens is 420 g/mol. The molecule has 0 aliphatic carbocycles. The minimum absolute atomic E-state index is 0.0271. The van der Waals surface area contributed by atoms with E-state index >= 15 is 0 Å². The molecule has 1 aromatic heterocycles. The van der Waals surface area contributed by atoms with Crippen LogP contribution in [-0.2, 0) is 0 Å². The molecule has 0 spiro atoms. The summed E-state index contributed by atoms with van der Waals surface area (Å²) >= 11 is 8.57. The molecule has 3 aromatic rings. The quantitative estimate of drug-likeness (QED) is 0.468. The van der Waals surface area contributed by atoms with Crippen LogP contribution >= 0.6 is 28.1 Å². The van der Waals surface area contributed by atoms with Crippen molar-refractivity contribution in [3.05, 3.63) is 51.2 Å². The Morgan fingerprint density at radius 2 is 1.96 bits per heavy atom. The first-order valence-electron chi connectivity index (χ1n) is 7.46. The normalized spacial score (nSPS) is 11.0. The Bertz CT molecular complexity index is 1030. The van der Waals surface area contributed by atoms with Gasteiger partial charge in [-0.05, 0) is 58.0 Å². The maximum Gasteiger partial charge on any atom is 0.216 e. The first-order valence-corrected chi connectivity index (χ1v) is 8.67. The number of H-pyrrole nitrogens is 1. The summed E-state index contributed by atoms with van der Waals surface area (Å²) in [5.74, 6) is 1.54. The Kier molecular flexibility index (Phi) is 5.38. The van der Waals surface area contributed by atoms with Crippen molar-refractivity contribution in [3.8, 4) is 28.6 Å². The summed E-state index contributed by atoms with van der Waals surface area (Å²) in [4.78, 5) is 0. The number of methoxy groups -OCH3 is 2. The van der Waals surface area contributed by atoms with Crippen molar-refractivity contribution >= 4 is 34.4 Å². The fraction of sp³-hybridized carbons (Fsp3) is 0.118. The average Bonchev–Trinajstić information content (AvgIpc) is 3.02. The van der Waals surface area contributed by atoms with Crippen LogP contribution in [0, 0.1) is 4.77 Å². The summed E-state index contributed by atoms with van der Waals surface area (Å²) in [5, 5.41) is 21.3. The largest absolute Gasteiger partial charge is 0.503 e. The van der Waals surface area contributed by atoms with Crippen LogP contribution in [0.15, 0.2) is 46.0 Å². The highest BCUT2D eigenvalue weighted by Crippen LogP contribution is 2.34. The van der Waals surface area contributed by atoms with Crippen molar-refractivity contribution < 1.29 is 14.6 Å². The molecule has 0 unspecified atom stereocenters. The minimum atomic E-state index is 0.0271. The number of rotatable bonds is 5. The Morgan fingerprint density at radius 3 is 2.69 bits per heavy atom. The third-order valence-electron chi connectivity index (χ3n) is 3.59. The number of hydrogen-bond donors (Lipinski definition) is 2. The summed E-state index contributed by atoms with van der Waals surface area (Å²) in [7, 11) is 3.07. The van der Waals surface area contributed by atoms with Crippen LogP contribution < -0.4 is 9.47 Å². The van der Waals surface area contributed by atoms with E-state index in [4.69, 9.17) is 21.7 Å². The van der Waals surface area contributed by atoms with Crippen molar-refractivity contribution in [2.24, 2.45) is 5.10 Å². The summed E-state index contributed by atoms with van der Waals surface area (Å²) < 4.78 is 12.9. The molecule has 0 saturated carbocycles. The summed E-state index contributed by atoms with van der Waals surface area (Å²) in [5.41, 5.74) is 1.46. The van der Waals surface area contributed by atoms with Gasteiger partial charge in [-0.1, -0.05) is 12.1 Å². The molecule has 0 saturated heterocycles. The highest BCUT2D eigenvalue weighted by molar-refractivity contribution is 9.10. The zero-order valence-electron chi connectivity index (χ0n) is 13.9. The molecule has 0 aliphatic heterocycles. The lowest BCUT2D eigenvalue weighted by Gasteiger charge is -2.07. The molecule has 7 nitrogen and oxygen atoms in total. The Labute approximate surface area is 163 Å². The van der Waals surface area contributed by atoms with Crippen LogP contribution in [0.5, 0.6) is 17.2 Å². The molecule has 2 N–H and O–H groups in total. The number of para-hydroxylation sites is 1. The van der Waals surface area contributed by atoms with E-state index in [-0.39, 0.29) is 5.75 Å². The van der Waals surface area contributed by atoms with Gasteiger partial charge in [0.15, 0.2) is 17.3 Å². The molecule has 3 rings (SSSR count). The monoisotopic (exact) mass is 434 g/mol. The van der Waals surface area contributed by atoms with Gasteiger partial charge in [0.05, 0.1) is 30.5 Å². The highest BCUT2D eigenvalue weighted by atomic mass is 79.9. The van der Waals surface area contributed by atoms with Crippen LogP contribution in [0.25, 0.3) is 11.4 Å². The van der Waals surface area contributed by atoms with E-state index in [1.165, 1.54) is 11.8 Å². The van der Waals surface area contributed by atoms with Crippen LogP contribution in [0.1, 0.15) is 5.56 Å². The van der Waals surface area contributed by atoms with Crippen LogP contribution in [0.3, 0.4) is 0 Å². The zero-order chi connectivity index (χ0) is 18.7. The second-order valence-corrected chi connectivity index (χ2v) is 6.40. The lowest BCUT2D eigenvalue weighted by Crippen LogP contribution is -1.97. The lowest BCUT2D eigenvalue weighted by molar-refractivity contribution is 0.372. The van der Waals surface area contributed by atoms with Gasteiger partial charge >= 0.3 is 0 Å². The van der Waals surface area contributed by atoms with E-state index in [9.17, 15) is 5.11 Å². The molecule has 9 heteroatoms. The molecule has 26 heavy (non-hydrogen) atoms. The average molecular weight is 435 g/mol. The molecule has 2 aromatic carbocycles. The number of aromatic amines is 1. The van der Waals surface area contributed by atoms with Crippen LogP contribution in [-0.4, -0.2) is 40.4 Å². The molecular formula is C17H15BrN4O3S. The van der Waals surface area contributed by atoms with E-state index < -0.39 is 0 Å². The van der Waals surface area contributed by atoms with Gasteiger partial charge in [0.25, 0.3) is 0 Å². The van der Waals surface area contributed by atoms with Crippen LogP contribution in [0.4, 0.5) is 0 Å². The number of halogens is 1. The van der Waals surface area contributed by atoms with Gasteiger partial charge in [-0.25, -0.2) is 5.10 Å². The first kappa shape index (κ1) is 18.2. The number of ether oxygens (including phenoxy) is 2. The molecule has 0 fully saturated rings. The summed E-state index contributed by atoms with van der Waals surface area (Å²) in [6, 6.07) is 10.8. The van der Waals surface area contributed by atoms with Crippen molar-refractivity contribution in [3.63, 3.8) is 0 Å². The lowest BCUT2D eigenvalue weighted by atomic mass is 10.2. The van der Waals surface area contributed by atoms with E-state index in [0.717, 1.165) is 5.56 Å². The van der Waals surface area contributed by atoms with Crippen molar-refractivity contribution in [2.75, 3.05) is 14.2 Å². The first-order chi connectivity index (χ1) is 12.5. The molecule has 134 valence electrons. The summed E-state index contributed by atoms with van der Waals surface area (Å²) in [6.07, 6.45) is 1.59. The summed E-state index contributed by atoms with van der Waals surface area (Å²) in [6.45, 7) is 0. The Hall–Kier alpha value is -2.65. The second kappa shape index (κ2) is 7.71. The molecule has 0 aliphatic rings. The minimum Gasteiger partial charge on any atom is -0.503 e.